The van der Waals surface area contributed by atoms with Crippen molar-refractivity contribution in [3.05, 3.63) is 69.7 Å². The molecule has 21 heavy (non-hydrogen) atoms. The van der Waals surface area contributed by atoms with Gasteiger partial charge in [0.05, 0.1) is 16.1 Å². The SMILES string of the molecule is O=C(c1cc(F)ccc1Cl)c1cccc(C(F)(F)F)c1F. The Labute approximate surface area is 121 Å². The van der Waals surface area contributed by atoms with E-state index in [1.54, 1.807) is 0 Å². The first-order chi connectivity index (χ1) is 9.71. The van der Waals surface area contributed by atoms with Crippen molar-refractivity contribution in [3.8, 4) is 0 Å². The fourth-order valence-electron chi connectivity index (χ4n) is 1.74. The van der Waals surface area contributed by atoms with E-state index in [-0.39, 0.29) is 5.02 Å². The molecular weight excluding hydrogens is 315 g/mol. The van der Waals surface area contributed by atoms with Gasteiger partial charge >= 0.3 is 6.18 Å². The van der Waals surface area contributed by atoms with Gasteiger partial charge < -0.3 is 0 Å². The molecule has 1 nitrogen and oxygen atoms in total. The number of hydrogen-bond acceptors (Lipinski definition) is 1. The Morgan fingerprint density at radius 2 is 1.67 bits per heavy atom. The van der Waals surface area contributed by atoms with Crippen LogP contribution < -0.4 is 0 Å². The maximum absolute atomic E-state index is 13.9. The van der Waals surface area contributed by atoms with Gasteiger partial charge in [0, 0.05) is 5.56 Å². The standard InChI is InChI=1S/C14H6ClF5O/c15-11-5-4-7(16)6-9(11)13(21)8-2-1-3-10(12(8)17)14(18,19)20/h1-6H. The maximum Gasteiger partial charge on any atom is 0.419 e. The minimum absolute atomic E-state index is 0.182. The molecule has 0 radical (unpaired) electrons. The molecule has 0 bridgehead atoms. The predicted octanol–water partition coefficient (Wildman–Crippen LogP) is 4.87. The molecule has 0 N–H and O–H groups in total. The summed E-state index contributed by atoms with van der Waals surface area (Å²) in [5.74, 6) is -3.64. The van der Waals surface area contributed by atoms with Crippen molar-refractivity contribution in [3.63, 3.8) is 0 Å². The Morgan fingerprint density at radius 1 is 1.00 bits per heavy atom. The molecule has 0 amide bonds. The van der Waals surface area contributed by atoms with Gasteiger partial charge in [-0.3, -0.25) is 4.79 Å². The second-order valence-corrected chi connectivity index (χ2v) is 4.53. The minimum Gasteiger partial charge on any atom is -0.288 e. The predicted molar refractivity (Wildman–Crippen MR) is 66.2 cm³/mol. The van der Waals surface area contributed by atoms with E-state index in [1.807, 2.05) is 0 Å². The molecule has 0 saturated carbocycles. The van der Waals surface area contributed by atoms with Crippen LogP contribution in [0.25, 0.3) is 0 Å². The van der Waals surface area contributed by atoms with Crippen molar-refractivity contribution in [2.24, 2.45) is 0 Å². The molecule has 0 aromatic heterocycles. The normalized spacial score (nSPS) is 11.5. The first-order valence-corrected chi connectivity index (χ1v) is 5.95. The molecule has 7 heteroatoms. The van der Waals surface area contributed by atoms with Gasteiger partial charge in [-0.1, -0.05) is 17.7 Å². The molecule has 0 unspecified atom stereocenters. The fourth-order valence-corrected chi connectivity index (χ4v) is 1.95. The summed E-state index contributed by atoms with van der Waals surface area (Å²) in [6, 6.07) is 5.07. The maximum atomic E-state index is 13.9. The fraction of sp³-hybridized carbons (Fsp3) is 0.0714. The number of carbonyl (C=O) groups is 1. The summed E-state index contributed by atoms with van der Waals surface area (Å²) < 4.78 is 64.8. The zero-order valence-corrected chi connectivity index (χ0v) is 10.9. The van der Waals surface area contributed by atoms with E-state index in [2.05, 4.69) is 0 Å². The molecular formula is C14H6ClF5O. The highest BCUT2D eigenvalue weighted by Crippen LogP contribution is 2.33. The van der Waals surface area contributed by atoms with E-state index < -0.39 is 40.3 Å². The molecule has 0 spiro atoms. The van der Waals surface area contributed by atoms with Crippen LogP contribution in [0.15, 0.2) is 36.4 Å². The monoisotopic (exact) mass is 320 g/mol. The lowest BCUT2D eigenvalue weighted by Crippen LogP contribution is -2.13. The van der Waals surface area contributed by atoms with Crippen molar-refractivity contribution in [1.29, 1.82) is 0 Å². The average Bonchev–Trinajstić information content (AvgIpc) is 2.39. The largest absolute Gasteiger partial charge is 0.419 e. The summed E-state index contributed by atoms with van der Waals surface area (Å²) in [6.45, 7) is 0. The van der Waals surface area contributed by atoms with E-state index in [4.69, 9.17) is 11.6 Å². The summed E-state index contributed by atoms with van der Waals surface area (Å²) in [4.78, 5) is 12.1. The van der Waals surface area contributed by atoms with Crippen LogP contribution in [-0.2, 0) is 6.18 Å². The molecule has 110 valence electrons. The van der Waals surface area contributed by atoms with Crippen molar-refractivity contribution < 1.29 is 26.7 Å². The molecule has 0 aliphatic carbocycles. The molecule has 2 aromatic rings. The minimum atomic E-state index is -4.94. The molecule has 0 saturated heterocycles. The Balaban J connectivity index is 2.57. The van der Waals surface area contributed by atoms with Gasteiger partial charge in [-0.05, 0) is 30.3 Å². The van der Waals surface area contributed by atoms with Crippen LogP contribution in [0.4, 0.5) is 22.0 Å². The number of carbonyl (C=O) groups excluding carboxylic acids is 1. The Kier molecular flexibility index (Phi) is 4.00. The average molecular weight is 321 g/mol. The number of ketones is 1. The molecule has 0 heterocycles. The molecule has 2 rings (SSSR count). The van der Waals surface area contributed by atoms with Gasteiger partial charge in [0.25, 0.3) is 0 Å². The van der Waals surface area contributed by atoms with Gasteiger partial charge in [-0.25, -0.2) is 8.78 Å². The highest BCUT2D eigenvalue weighted by Gasteiger charge is 2.36. The van der Waals surface area contributed by atoms with E-state index in [0.717, 1.165) is 30.3 Å². The van der Waals surface area contributed by atoms with Crippen molar-refractivity contribution in [2.45, 2.75) is 6.18 Å². The summed E-state index contributed by atoms with van der Waals surface area (Å²) in [7, 11) is 0. The topological polar surface area (TPSA) is 17.1 Å². The van der Waals surface area contributed by atoms with E-state index >= 15 is 0 Å². The molecule has 2 aromatic carbocycles. The summed E-state index contributed by atoms with van der Waals surface area (Å²) in [5, 5.41) is -0.182. The van der Waals surface area contributed by atoms with Gasteiger partial charge in [0.15, 0.2) is 5.78 Å². The van der Waals surface area contributed by atoms with E-state index in [9.17, 15) is 26.7 Å². The van der Waals surface area contributed by atoms with Crippen LogP contribution in [0.3, 0.4) is 0 Å². The third-order valence-electron chi connectivity index (χ3n) is 2.72. The van der Waals surface area contributed by atoms with Crippen molar-refractivity contribution in [1.82, 2.24) is 0 Å². The van der Waals surface area contributed by atoms with Gasteiger partial charge in [0.2, 0.25) is 0 Å². The van der Waals surface area contributed by atoms with Crippen LogP contribution in [-0.4, -0.2) is 5.78 Å². The van der Waals surface area contributed by atoms with Crippen LogP contribution in [0, 0.1) is 11.6 Å². The van der Waals surface area contributed by atoms with Crippen molar-refractivity contribution >= 4 is 17.4 Å². The zero-order chi connectivity index (χ0) is 15.8. The quantitative estimate of drug-likeness (QED) is 0.570. The van der Waals surface area contributed by atoms with Crippen LogP contribution in [0.1, 0.15) is 21.5 Å². The second kappa shape index (κ2) is 5.44. The van der Waals surface area contributed by atoms with Crippen LogP contribution in [0.2, 0.25) is 5.02 Å². The number of rotatable bonds is 2. The third kappa shape index (κ3) is 3.05. The smallest absolute Gasteiger partial charge is 0.288 e. The first-order valence-electron chi connectivity index (χ1n) is 5.57. The second-order valence-electron chi connectivity index (χ2n) is 4.12. The summed E-state index contributed by atoms with van der Waals surface area (Å²) in [6.07, 6.45) is -4.94. The number of benzene rings is 2. The lowest BCUT2D eigenvalue weighted by atomic mass is 10.00. The highest BCUT2D eigenvalue weighted by molar-refractivity contribution is 6.35. The van der Waals surface area contributed by atoms with Gasteiger partial charge in [0.1, 0.15) is 11.6 Å². The summed E-state index contributed by atoms with van der Waals surface area (Å²) >= 11 is 5.69. The van der Waals surface area contributed by atoms with Gasteiger partial charge in [-0.2, -0.15) is 13.2 Å². The lowest BCUT2D eigenvalue weighted by Gasteiger charge is -2.11. The Hall–Kier alpha value is -1.95. The summed E-state index contributed by atoms with van der Waals surface area (Å²) in [5.41, 5.74) is -2.80. The highest BCUT2D eigenvalue weighted by atomic mass is 35.5. The third-order valence-corrected chi connectivity index (χ3v) is 3.05. The Bertz CT molecular complexity index is 709. The van der Waals surface area contributed by atoms with E-state index in [1.165, 1.54) is 0 Å². The van der Waals surface area contributed by atoms with E-state index in [0.29, 0.717) is 6.07 Å². The van der Waals surface area contributed by atoms with Crippen molar-refractivity contribution in [2.75, 3.05) is 0 Å². The molecule has 0 atom stereocenters. The van der Waals surface area contributed by atoms with Crippen LogP contribution in [0.5, 0.6) is 0 Å². The number of halogens is 6. The van der Waals surface area contributed by atoms with Crippen LogP contribution >= 0.6 is 11.6 Å². The molecule has 0 aliphatic rings. The number of alkyl halides is 3. The van der Waals surface area contributed by atoms with Gasteiger partial charge in [-0.15, -0.1) is 0 Å². The molecule has 0 fully saturated rings. The Morgan fingerprint density at radius 3 is 2.29 bits per heavy atom. The lowest BCUT2D eigenvalue weighted by molar-refractivity contribution is -0.140. The zero-order valence-electron chi connectivity index (χ0n) is 10.1. The first kappa shape index (κ1) is 15.4. The number of hydrogen-bond donors (Lipinski definition) is 0. The molecule has 0 aliphatic heterocycles.